The molecule has 0 bridgehead atoms. The molecule has 1 rings (SSSR count). The fraction of sp³-hybridized carbons (Fsp3) is 0.909. The van der Waals surface area contributed by atoms with Crippen molar-refractivity contribution in [2.24, 2.45) is 5.92 Å². The number of morpholine rings is 1. The highest BCUT2D eigenvalue weighted by Crippen LogP contribution is 2.19. The Morgan fingerprint density at radius 1 is 1.50 bits per heavy atom. The fourth-order valence-electron chi connectivity index (χ4n) is 1.74. The van der Waals surface area contributed by atoms with E-state index in [2.05, 4.69) is 25.7 Å². The average Bonchev–Trinajstić information content (AvgIpc) is 2.16. The Labute approximate surface area is 86.9 Å². The molecule has 0 saturated carbocycles. The lowest BCUT2D eigenvalue weighted by atomic mass is 10.0. The zero-order valence-corrected chi connectivity index (χ0v) is 9.71. The molecule has 0 aromatic rings. The zero-order chi connectivity index (χ0) is 10.7. The minimum atomic E-state index is 0.286. The van der Waals surface area contributed by atoms with Crippen molar-refractivity contribution in [3.8, 4) is 0 Å². The number of ether oxygens (including phenoxy) is 1. The number of amidine groups is 1. The summed E-state index contributed by atoms with van der Waals surface area (Å²) < 4.78 is 5.94. The first kappa shape index (κ1) is 11.5. The van der Waals surface area contributed by atoms with Gasteiger partial charge in [-0.2, -0.15) is 0 Å². The van der Waals surface area contributed by atoms with E-state index in [9.17, 15) is 0 Å². The Hall–Kier alpha value is -0.570. The maximum Gasteiger partial charge on any atom is 0.0927 e. The van der Waals surface area contributed by atoms with Gasteiger partial charge in [-0.15, -0.1) is 0 Å². The predicted octanol–water partition coefficient (Wildman–Crippen LogP) is 2.12. The van der Waals surface area contributed by atoms with Crippen LogP contribution in [0.25, 0.3) is 0 Å². The Balaban J connectivity index is 2.61. The monoisotopic (exact) mass is 198 g/mol. The van der Waals surface area contributed by atoms with Crippen molar-refractivity contribution < 1.29 is 4.74 Å². The van der Waals surface area contributed by atoms with Crippen LogP contribution >= 0.6 is 0 Å². The van der Waals surface area contributed by atoms with Crippen molar-refractivity contribution >= 4 is 5.84 Å². The van der Waals surface area contributed by atoms with Crippen molar-refractivity contribution in [2.45, 2.75) is 46.3 Å². The predicted molar refractivity (Wildman–Crippen MR) is 58.8 cm³/mol. The van der Waals surface area contributed by atoms with Crippen LogP contribution in [0.1, 0.15) is 34.1 Å². The lowest BCUT2D eigenvalue weighted by molar-refractivity contribution is -0.0871. The first-order valence-corrected chi connectivity index (χ1v) is 5.50. The van der Waals surface area contributed by atoms with Crippen LogP contribution in [0.2, 0.25) is 0 Å². The molecule has 14 heavy (non-hydrogen) atoms. The molecule has 82 valence electrons. The van der Waals surface area contributed by atoms with Crippen molar-refractivity contribution in [3.63, 3.8) is 0 Å². The molecule has 1 saturated heterocycles. The zero-order valence-electron chi connectivity index (χ0n) is 9.71. The van der Waals surface area contributed by atoms with E-state index < -0.39 is 0 Å². The molecule has 1 aliphatic rings. The smallest absolute Gasteiger partial charge is 0.0927 e. The van der Waals surface area contributed by atoms with Gasteiger partial charge in [-0.05, 0) is 19.3 Å². The van der Waals surface area contributed by atoms with E-state index in [4.69, 9.17) is 10.1 Å². The van der Waals surface area contributed by atoms with Gasteiger partial charge in [0.25, 0.3) is 0 Å². The molecule has 0 spiro atoms. The molecule has 1 heterocycles. The van der Waals surface area contributed by atoms with Crippen molar-refractivity contribution in [2.75, 3.05) is 13.1 Å². The highest BCUT2D eigenvalue weighted by atomic mass is 16.5. The van der Waals surface area contributed by atoms with Gasteiger partial charge in [-0.25, -0.2) is 0 Å². The first-order valence-electron chi connectivity index (χ1n) is 5.50. The molecule has 0 aliphatic carbocycles. The van der Waals surface area contributed by atoms with E-state index in [1.807, 2.05) is 6.92 Å². The molecule has 0 aromatic carbocycles. The van der Waals surface area contributed by atoms with Gasteiger partial charge in [0.2, 0.25) is 0 Å². The second-order valence-electron chi connectivity index (χ2n) is 4.44. The molecule has 0 radical (unpaired) electrons. The SMILES string of the molecule is CC[C@H]1CN(C(C)=N)C[C@@H](C(C)C)O1. The Kier molecular flexibility index (Phi) is 3.93. The third kappa shape index (κ3) is 2.71. The molecular formula is C11H22N2O. The molecule has 0 unspecified atom stereocenters. The fourth-order valence-corrected chi connectivity index (χ4v) is 1.74. The number of nitrogens with zero attached hydrogens (tertiary/aromatic N) is 1. The second kappa shape index (κ2) is 4.78. The second-order valence-corrected chi connectivity index (χ2v) is 4.44. The van der Waals surface area contributed by atoms with Crippen LogP contribution < -0.4 is 0 Å². The van der Waals surface area contributed by atoms with E-state index >= 15 is 0 Å². The Morgan fingerprint density at radius 3 is 2.57 bits per heavy atom. The topological polar surface area (TPSA) is 36.3 Å². The van der Waals surface area contributed by atoms with Gasteiger partial charge >= 0.3 is 0 Å². The van der Waals surface area contributed by atoms with E-state index in [0.29, 0.717) is 17.9 Å². The third-order valence-corrected chi connectivity index (χ3v) is 2.86. The van der Waals surface area contributed by atoms with Crippen LogP contribution in [0.3, 0.4) is 0 Å². The van der Waals surface area contributed by atoms with Gasteiger partial charge in [0.15, 0.2) is 0 Å². The standard InChI is InChI=1S/C11H22N2O/c1-5-10-6-13(9(4)12)7-11(14-10)8(2)3/h8,10-12H,5-7H2,1-4H3/t10-,11-/m0/s1. The third-order valence-electron chi connectivity index (χ3n) is 2.86. The van der Waals surface area contributed by atoms with Gasteiger partial charge in [0, 0.05) is 13.1 Å². The minimum absolute atomic E-state index is 0.286. The van der Waals surface area contributed by atoms with Gasteiger partial charge in [0.05, 0.1) is 18.0 Å². The molecular weight excluding hydrogens is 176 g/mol. The number of rotatable bonds is 2. The van der Waals surface area contributed by atoms with Crippen LogP contribution in [0, 0.1) is 11.3 Å². The molecule has 1 fully saturated rings. The van der Waals surface area contributed by atoms with E-state index in [1.54, 1.807) is 0 Å². The summed E-state index contributed by atoms with van der Waals surface area (Å²) in [5.41, 5.74) is 0. The summed E-state index contributed by atoms with van der Waals surface area (Å²) in [5, 5.41) is 7.66. The summed E-state index contributed by atoms with van der Waals surface area (Å²) in [5.74, 6) is 1.20. The highest BCUT2D eigenvalue weighted by Gasteiger charge is 2.28. The highest BCUT2D eigenvalue weighted by molar-refractivity contribution is 5.76. The van der Waals surface area contributed by atoms with E-state index in [1.165, 1.54) is 0 Å². The first-order chi connectivity index (χ1) is 6.54. The van der Waals surface area contributed by atoms with E-state index in [0.717, 1.165) is 19.5 Å². The van der Waals surface area contributed by atoms with Crippen LogP contribution in [-0.2, 0) is 4.74 Å². The summed E-state index contributed by atoms with van der Waals surface area (Å²) in [4.78, 5) is 2.13. The van der Waals surface area contributed by atoms with Gasteiger partial charge in [-0.1, -0.05) is 20.8 Å². The van der Waals surface area contributed by atoms with Crippen molar-refractivity contribution in [3.05, 3.63) is 0 Å². The molecule has 3 heteroatoms. The van der Waals surface area contributed by atoms with Crippen LogP contribution in [0.4, 0.5) is 0 Å². The van der Waals surface area contributed by atoms with E-state index in [-0.39, 0.29) is 6.10 Å². The lowest BCUT2D eigenvalue weighted by Crippen LogP contribution is -2.50. The summed E-state index contributed by atoms with van der Waals surface area (Å²) >= 11 is 0. The van der Waals surface area contributed by atoms with Gasteiger partial charge in [0.1, 0.15) is 0 Å². The quantitative estimate of drug-likeness (QED) is 0.545. The molecule has 0 aromatic heterocycles. The maximum absolute atomic E-state index is 7.66. The number of hydrogen-bond donors (Lipinski definition) is 1. The normalized spacial score (nSPS) is 28.2. The van der Waals surface area contributed by atoms with Crippen LogP contribution in [-0.4, -0.2) is 36.0 Å². The molecule has 2 atom stereocenters. The van der Waals surface area contributed by atoms with Crippen LogP contribution in [0.15, 0.2) is 0 Å². The molecule has 0 amide bonds. The lowest BCUT2D eigenvalue weighted by Gasteiger charge is -2.40. The summed E-state index contributed by atoms with van der Waals surface area (Å²) in [6.07, 6.45) is 1.62. The van der Waals surface area contributed by atoms with Crippen LogP contribution in [0.5, 0.6) is 0 Å². The van der Waals surface area contributed by atoms with Gasteiger partial charge < -0.3 is 9.64 Å². The largest absolute Gasteiger partial charge is 0.371 e. The summed E-state index contributed by atoms with van der Waals surface area (Å²) in [6, 6.07) is 0. The average molecular weight is 198 g/mol. The number of nitrogens with one attached hydrogen (secondary N) is 1. The summed E-state index contributed by atoms with van der Waals surface area (Å²) in [7, 11) is 0. The van der Waals surface area contributed by atoms with Crippen molar-refractivity contribution in [1.29, 1.82) is 5.41 Å². The summed E-state index contributed by atoms with van der Waals surface area (Å²) in [6.45, 7) is 10.1. The number of hydrogen-bond acceptors (Lipinski definition) is 2. The molecule has 1 N–H and O–H groups in total. The Bertz CT molecular complexity index is 203. The Morgan fingerprint density at radius 2 is 2.14 bits per heavy atom. The van der Waals surface area contributed by atoms with Crippen molar-refractivity contribution in [1.82, 2.24) is 4.90 Å². The van der Waals surface area contributed by atoms with Gasteiger partial charge in [-0.3, -0.25) is 5.41 Å². The molecule has 1 aliphatic heterocycles. The molecule has 3 nitrogen and oxygen atoms in total. The minimum Gasteiger partial charge on any atom is -0.371 e. The maximum atomic E-state index is 7.66.